The topological polar surface area (TPSA) is 49.6 Å². The van der Waals surface area contributed by atoms with Gasteiger partial charge in [0.2, 0.25) is 0 Å². The van der Waals surface area contributed by atoms with E-state index in [0.29, 0.717) is 11.3 Å². The molecular weight excluding hydrogens is 278 g/mol. The van der Waals surface area contributed by atoms with Crippen LogP contribution in [-0.4, -0.2) is 9.97 Å². The van der Waals surface area contributed by atoms with Crippen LogP contribution in [0.2, 0.25) is 0 Å². The first kappa shape index (κ1) is 13.2. The molecule has 3 aromatic rings. The van der Waals surface area contributed by atoms with E-state index in [1.807, 2.05) is 53.9 Å². The maximum absolute atomic E-state index is 9.28. The van der Waals surface area contributed by atoms with Gasteiger partial charge in [-0.3, -0.25) is 4.98 Å². The number of pyridine rings is 1. The van der Waals surface area contributed by atoms with Crippen molar-refractivity contribution in [2.75, 3.05) is 0 Å². The molecule has 0 saturated carbocycles. The van der Waals surface area contributed by atoms with Crippen LogP contribution in [0.25, 0.3) is 22.9 Å². The summed E-state index contributed by atoms with van der Waals surface area (Å²) in [5.74, 6) is 0. The van der Waals surface area contributed by atoms with E-state index >= 15 is 0 Å². The number of thiazole rings is 1. The van der Waals surface area contributed by atoms with E-state index in [1.165, 1.54) is 11.3 Å². The van der Waals surface area contributed by atoms with Gasteiger partial charge in [0.25, 0.3) is 0 Å². The lowest BCUT2D eigenvalue weighted by molar-refractivity contribution is 1.28. The number of rotatable bonds is 3. The number of aromatic nitrogens is 2. The summed E-state index contributed by atoms with van der Waals surface area (Å²) in [5.41, 5.74) is 3.18. The molecule has 0 aliphatic carbocycles. The highest BCUT2D eigenvalue weighted by Gasteiger charge is 2.06. The Morgan fingerprint density at radius 2 is 1.90 bits per heavy atom. The molecule has 2 aromatic heterocycles. The Labute approximate surface area is 126 Å². The summed E-state index contributed by atoms with van der Waals surface area (Å²) >= 11 is 1.52. The Balaban J connectivity index is 1.93. The molecule has 0 atom stereocenters. The molecule has 3 rings (SSSR count). The predicted octanol–water partition coefficient (Wildman–Crippen LogP) is 4.27. The quantitative estimate of drug-likeness (QED) is 0.676. The third-order valence-corrected chi connectivity index (χ3v) is 3.71. The molecule has 0 fully saturated rings. The minimum absolute atomic E-state index is 0.518. The summed E-state index contributed by atoms with van der Waals surface area (Å²) in [6, 6.07) is 17.7. The molecule has 0 bridgehead atoms. The van der Waals surface area contributed by atoms with E-state index in [-0.39, 0.29) is 0 Å². The molecule has 0 aliphatic heterocycles. The first-order valence-electron chi connectivity index (χ1n) is 6.41. The second-order valence-corrected chi connectivity index (χ2v) is 5.21. The number of allylic oxidation sites excluding steroid dienone is 1. The Morgan fingerprint density at radius 1 is 1.10 bits per heavy atom. The summed E-state index contributed by atoms with van der Waals surface area (Å²) in [6.07, 6.45) is 3.46. The average Bonchev–Trinajstić information content (AvgIpc) is 3.03. The molecule has 0 N–H and O–H groups in total. The van der Waals surface area contributed by atoms with Crippen molar-refractivity contribution in [3.05, 3.63) is 70.8 Å². The van der Waals surface area contributed by atoms with Crippen molar-refractivity contribution in [3.63, 3.8) is 0 Å². The van der Waals surface area contributed by atoms with Gasteiger partial charge in [-0.25, -0.2) is 4.98 Å². The fraction of sp³-hybridized carbons (Fsp3) is 0. The van der Waals surface area contributed by atoms with Crippen molar-refractivity contribution < 1.29 is 0 Å². The van der Waals surface area contributed by atoms with Crippen molar-refractivity contribution >= 4 is 23.0 Å². The zero-order valence-corrected chi connectivity index (χ0v) is 11.9. The zero-order chi connectivity index (χ0) is 14.5. The van der Waals surface area contributed by atoms with E-state index in [0.717, 1.165) is 16.3 Å². The van der Waals surface area contributed by atoms with Crippen LogP contribution in [0.15, 0.2) is 60.1 Å². The van der Waals surface area contributed by atoms with Gasteiger partial charge in [-0.2, -0.15) is 5.26 Å². The molecule has 0 radical (unpaired) electrons. The van der Waals surface area contributed by atoms with Gasteiger partial charge in [-0.05, 0) is 18.2 Å². The smallest absolute Gasteiger partial charge is 0.118 e. The highest BCUT2D eigenvalue weighted by molar-refractivity contribution is 7.10. The monoisotopic (exact) mass is 289 g/mol. The summed E-state index contributed by atoms with van der Waals surface area (Å²) < 4.78 is 0. The molecule has 21 heavy (non-hydrogen) atoms. The van der Waals surface area contributed by atoms with Crippen LogP contribution in [-0.2, 0) is 0 Å². The second kappa shape index (κ2) is 6.12. The summed E-state index contributed by atoms with van der Waals surface area (Å²) in [4.78, 5) is 8.75. The first-order valence-corrected chi connectivity index (χ1v) is 7.29. The lowest BCUT2D eigenvalue weighted by atomic mass is 10.2. The van der Waals surface area contributed by atoms with Gasteiger partial charge < -0.3 is 0 Å². The molecule has 2 heterocycles. The number of nitriles is 1. The third kappa shape index (κ3) is 3.04. The molecule has 0 aliphatic rings. The standard InChI is InChI=1S/C17H11N3S/c18-11-14(15-8-4-5-9-19-15)10-17-20-16(12-21-17)13-6-2-1-3-7-13/h1-10,12H/b14-10+. The van der Waals surface area contributed by atoms with Crippen molar-refractivity contribution in [2.24, 2.45) is 0 Å². The van der Waals surface area contributed by atoms with Gasteiger partial charge in [-0.15, -0.1) is 11.3 Å². The Bertz CT molecular complexity index is 799. The molecular formula is C17H11N3S. The van der Waals surface area contributed by atoms with Crippen LogP contribution in [0.3, 0.4) is 0 Å². The highest BCUT2D eigenvalue weighted by Crippen LogP contribution is 2.24. The van der Waals surface area contributed by atoms with Crippen LogP contribution < -0.4 is 0 Å². The van der Waals surface area contributed by atoms with Gasteiger partial charge in [0, 0.05) is 17.1 Å². The SMILES string of the molecule is N#C/C(=C\c1nc(-c2ccccc2)cs1)c1ccccn1. The molecule has 4 heteroatoms. The first-order chi connectivity index (χ1) is 10.4. The van der Waals surface area contributed by atoms with E-state index in [9.17, 15) is 5.26 Å². The molecule has 0 unspecified atom stereocenters. The number of benzene rings is 1. The molecule has 0 amide bonds. The number of hydrogen-bond acceptors (Lipinski definition) is 4. The minimum Gasteiger partial charge on any atom is -0.256 e. The van der Waals surface area contributed by atoms with Crippen LogP contribution >= 0.6 is 11.3 Å². The highest BCUT2D eigenvalue weighted by atomic mass is 32.1. The Hall–Kier alpha value is -2.77. The summed E-state index contributed by atoms with van der Waals surface area (Å²) in [6.45, 7) is 0. The third-order valence-electron chi connectivity index (χ3n) is 2.92. The van der Waals surface area contributed by atoms with Gasteiger partial charge in [-0.1, -0.05) is 36.4 Å². The van der Waals surface area contributed by atoms with Crippen LogP contribution in [0.4, 0.5) is 0 Å². The van der Waals surface area contributed by atoms with E-state index in [4.69, 9.17) is 0 Å². The zero-order valence-electron chi connectivity index (χ0n) is 11.1. The molecule has 3 nitrogen and oxygen atoms in total. The minimum atomic E-state index is 0.518. The summed E-state index contributed by atoms with van der Waals surface area (Å²) in [5, 5.41) is 12.1. The van der Waals surface area contributed by atoms with E-state index < -0.39 is 0 Å². The van der Waals surface area contributed by atoms with Gasteiger partial charge in [0.15, 0.2) is 0 Å². The lowest BCUT2D eigenvalue weighted by Gasteiger charge is -1.96. The van der Waals surface area contributed by atoms with E-state index in [2.05, 4.69) is 16.0 Å². The van der Waals surface area contributed by atoms with Gasteiger partial charge >= 0.3 is 0 Å². The van der Waals surface area contributed by atoms with Crippen LogP contribution in [0.5, 0.6) is 0 Å². The Kier molecular flexibility index (Phi) is 3.85. The fourth-order valence-electron chi connectivity index (χ4n) is 1.90. The fourth-order valence-corrected chi connectivity index (χ4v) is 2.66. The molecule has 0 spiro atoms. The number of nitrogens with zero attached hydrogens (tertiary/aromatic N) is 3. The maximum atomic E-state index is 9.28. The van der Waals surface area contributed by atoms with Crippen molar-refractivity contribution in [1.29, 1.82) is 5.26 Å². The lowest BCUT2D eigenvalue weighted by Crippen LogP contribution is -1.85. The maximum Gasteiger partial charge on any atom is 0.118 e. The average molecular weight is 289 g/mol. The van der Waals surface area contributed by atoms with Crippen LogP contribution in [0, 0.1) is 11.3 Å². The van der Waals surface area contributed by atoms with Gasteiger partial charge in [0.1, 0.15) is 11.1 Å². The van der Waals surface area contributed by atoms with Crippen molar-refractivity contribution in [3.8, 4) is 17.3 Å². The van der Waals surface area contributed by atoms with Crippen LogP contribution in [0.1, 0.15) is 10.7 Å². The van der Waals surface area contributed by atoms with Crippen molar-refractivity contribution in [2.45, 2.75) is 0 Å². The normalized spacial score (nSPS) is 11.1. The van der Waals surface area contributed by atoms with E-state index in [1.54, 1.807) is 12.3 Å². The number of hydrogen-bond donors (Lipinski definition) is 0. The van der Waals surface area contributed by atoms with Crippen molar-refractivity contribution in [1.82, 2.24) is 9.97 Å². The second-order valence-electron chi connectivity index (χ2n) is 4.32. The molecule has 100 valence electrons. The van der Waals surface area contributed by atoms with Gasteiger partial charge in [0.05, 0.1) is 17.0 Å². The Morgan fingerprint density at radius 3 is 2.62 bits per heavy atom. The molecule has 1 aromatic carbocycles. The summed E-state index contributed by atoms with van der Waals surface area (Å²) in [7, 11) is 0. The molecule has 0 saturated heterocycles. The largest absolute Gasteiger partial charge is 0.256 e. The predicted molar refractivity (Wildman–Crippen MR) is 85.3 cm³/mol.